The molecule has 5 rings (SSSR count). The van der Waals surface area contributed by atoms with E-state index in [1.807, 2.05) is 18.2 Å². The van der Waals surface area contributed by atoms with Gasteiger partial charge >= 0.3 is 11.9 Å². The van der Waals surface area contributed by atoms with Crippen LogP contribution in [0.15, 0.2) is 78.1 Å². The standard InChI is InChI=1S/C23H16F3N5O/c1-30-13-20(31(22(30)32)18-4-2-3-17(11-18)23(24,25)26)19-10-14(5-7-27-19)16-9-15-6-8-28-21(15)29-12-16/h2-13H,1H3,(H,28,29). The van der Waals surface area contributed by atoms with Crippen molar-refractivity contribution in [2.45, 2.75) is 6.18 Å². The van der Waals surface area contributed by atoms with E-state index in [2.05, 4.69) is 15.0 Å². The third-order valence-electron chi connectivity index (χ3n) is 5.24. The van der Waals surface area contributed by atoms with Crippen LogP contribution in [0.1, 0.15) is 5.56 Å². The van der Waals surface area contributed by atoms with Crippen molar-refractivity contribution < 1.29 is 13.2 Å². The van der Waals surface area contributed by atoms with E-state index in [-0.39, 0.29) is 5.69 Å². The molecule has 0 aliphatic carbocycles. The molecule has 0 bridgehead atoms. The Hall–Kier alpha value is -4.14. The average molecular weight is 435 g/mol. The topological polar surface area (TPSA) is 68.5 Å². The van der Waals surface area contributed by atoms with E-state index in [0.29, 0.717) is 11.4 Å². The molecule has 0 aliphatic heterocycles. The molecular formula is C23H16F3N5O. The summed E-state index contributed by atoms with van der Waals surface area (Å²) in [5.41, 5.74) is 2.09. The van der Waals surface area contributed by atoms with Crippen molar-refractivity contribution in [3.05, 3.63) is 89.4 Å². The van der Waals surface area contributed by atoms with Crippen molar-refractivity contribution in [3.8, 4) is 28.2 Å². The molecule has 5 aromatic rings. The third kappa shape index (κ3) is 3.37. The second kappa shape index (κ2) is 7.23. The zero-order valence-electron chi connectivity index (χ0n) is 16.8. The van der Waals surface area contributed by atoms with Crippen molar-refractivity contribution in [2.24, 2.45) is 7.05 Å². The largest absolute Gasteiger partial charge is 0.416 e. The van der Waals surface area contributed by atoms with Crippen LogP contribution in [0, 0.1) is 0 Å². The SMILES string of the molecule is Cn1cc(-c2cc(-c3cnc4[nH]ccc4c3)ccn2)n(-c2cccc(C(F)(F)F)c2)c1=O. The Morgan fingerprint density at radius 1 is 1.00 bits per heavy atom. The van der Waals surface area contributed by atoms with Crippen LogP contribution in [0.5, 0.6) is 0 Å². The number of aromatic nitrogens is 5. The van der Waals surface area contributed by atoms with E-state index in [1.54, 1.807) is 37.9 Å². The predicted octanol–water partition coefficient (Wildman–Crippen LogP) is 4.80. The lowest BCUT2D eigenvalue weighted by molar-refractivity contribution is -0.137. The summed E-state index contributed by atoms with van der Waals surface area (Å²) in [5.74, 6) is 0. The Morgan fingerprint density at radius 3 is 2.66 bits per heavy atom. The molecule has 0 radical (unpaired) electrons. The van der Waals surface area contributed by atoms with Gasteiger partial charge in [-0.2, -0.15) is 13.2 Å². The van der Waals surface area contributed by atoms with Crippen LogP contribution < -0.4 is 5.69 Å². The molecule has 0 saturated heterocycles. The summed E-state index contributed by atoms with van der Waals surface area (Å²) in [7, 11) is 1.55. The summed E-state index contributed by atoms with van der Waals surface area (Å²) in [6.45, 7) is 0. The monoisotopic (exact) mass is 435 g/mol. The number of pyridine rings is 2. The van der Waals surface area contributed by atoms with Gasteiger partial charge in [-0.15, -0.1) is 0 Å². The fourth-order valence-corrected chi connectivity index (χ4v) is 3.66. The summed E-state index contributed by atoms with van der Waals surface area (Å²) in [6.07, 6.45) is 2.17. The first-order valence-corrected chi connectivity index (χ1v) is 9.67. The van der Waals surface area contributed by atoms with Gasteiger partial charge in [-0.25, -0.2) is 9.78 Å². The highest BCUT2D eigenvalue weighted by atomic mass is 19.4. The molecular weight excluding hydrogens is 419 g/mol. The van der Waals surface area contributed by atoms with E-state index < -0.39 is 17.4 Å². The van der Waals surface area contributed by atoms with Crippen molar-refractivity contribution in [3.63, 3.8) is 0 Å². The number of hydrogen-bond acceptors (Lipinski definition) is 3. The Morgan fingerprint density at radius 2 is 1.84 bits per heavy atom. The number of benzene rings is 1. The van der Waals surface area contributed by atoms with Crippen LogP contribution >= 0.6 is 0 Å². The highest BCUT2D eigenvalue weighted by Crippen LogP contribution is 2.31. The number of imidazole rings is 1. The summed E-state index contributed by atoms with van der Waals surface area (Å²) in [6, 6.07) is 12.2. The van der Waals surface area contributed by atoms with Gasteiger partial charge in [-0.05, 0) is 48.0 Å². The van der Waals surface area contributed by atoms with Gasteiger partial charge in [0.05, 0.1) is 22.6 Å². The highest BCUT2D eigenvalue weighted by Gasteiger charge is 2.31. The summed E-state index contributed by atoms with van der Waals surface area (Å²) >= 11 is 0. The molecule has 0 aliphatic rings. The number of alkyl halides is 3. The molecule has 0 fully saturated rings. The van der Waals surface area contributed by atoms with Gasteiger partial charge in [-0.3, -0.25) is 9.55 Å². The number of hydrogen-bond donors (Lipinski definition) is 1. The number of H-pyrrole nitrogens is 1. The molecule has 0 amide bonds. The Bertz CT molecular complexity index is 1510. The summed E-state index contributed by atoms with van der Waals surface area (Å²) in [4.78, 5) is 24.6. The molecule has 0 unspecified atom stereocenters. The molecule has 0 atom stereocenters. The zero-order valence-corrected chi connectivity index (χ0v) is 16.8. The minimum atomic E-state index is -4.52. The maximum Gasteiger partial charge on any atom is 0.416 e. The van der Waals surface area contributed by atoms with E-state index >= 15 is 0 Å². The first kappa shape index (κ1) is 19.8. The van der Waals surface area contributed by atoms with Crippen LogP contribution in [0.25, 0.3) is 39.2 Å². The molecule has 1 N–H and O–H groups in total. The van der Waals surface area contributed by atoms with Gasteiger partial charge in [0.2, 0.25) is 0 Å². The fraction of sp³-hybridized carbons (Fsp3) is 0.0870. The number of halogens is 3. The maximum atomic E-state index is 13.2. The van der Waals surface area contributed by atoms with Gasteiger partial charge in [-0.1, -0.05) is 6.07 Å². The predicted molar refractivity (Wildman–Crippen MR) is 114 cm³/mol. The average Bonchev–Trinajstić information content (AvgIpc) is 3.37. The van der Waals surface area contributed by atoms with Crippen LogP contribution in [-0.2, 0) is 13.2 Å². The molecule has 6 nitrogen and oxygen atoms in total. The number of aryl methyl sites for hydroxylation is 1. The Balaban J connectivity index is 1.65. The Kier molecular flexibility index (Phi) is 4.47. The number of fused-ring (bicyclic) bond motifs is 1. The first-order chi connectivity index (χ1) is 15.3. The van der Waals surface area contributed by atoms with Crippen molar-refractivity contribution in [1.29, 1.82) is 0 Å². The number of aromatic amines is 1. The number of nitrogens with zero attached hydrogens (tertiary/aromatic N) is 4. The van der Waals surface area contributed by atoms with Gasteiger partial charge in [0.25, 0.3) is 0 Å². The number of rotatable bonds is 3. The molecule has 1 aromatic carbocycles. The van der Waals surface area contributed by atoms with E-state index in [1.165, 1.54) is 21.3 Å². The lowest BCUT2D eigenvalue weighted by atomic mass is 10.1. The lowest BCUT2D eigenvalue weighted by Gasteiger charge is -2.11. The van der Waals surface area contributed by atoms with Crippen LogP contribution in [0.2, 0.25) is 0 Å². The quantitative estimate of drug-likeness (QED) is 0.443. The normalized spacial score (nSPS) is 11.9. The molecule has 0 saturated carbocycles. The first-order valence-electron chi connectivity index (χ1n) is 9.67. The van der Waals surface area contributed by atoms with Crippen LogP contribution in [0.3, 0.4) is 0 Å². The van der Waals surface area contributed by atoms with E-state index in [0.717, 1.165) is 34.3 Å². The highest BCUT2D eigenvalue weighted by molar-refractivity contribution is 5.82. The molecule has 160 valence electrons. The van der Waals surface area contributed by atoms with Crippen LogP contribution in [-0.4, -0.2) is 24.1 Å². The molecule has 32 heavy (non-hydrogen) atoms. The number of nitrogens with one attached hydrogen (secondary N) is 1. The van der Waals surface area contributed by atoms with Crippen molar-refractivity contribution in [2.75, 3.05) is 0 Å². The van der Waals surface area contributed by atoms with Crippen molar-refractivity contribution >= 4 is 11.0 Å². The maximum absolute atomic E-state index is 13.2. The summed E-state index contributed by atoms with van der Waals surface area (Å²) < 4.78 is 42.2. The van der Waals surface area contributed by atoms with Crippen molar-refractivity contribution in [1.82, 2.24) is 24.1 Å². The molecule has 4 heterocycles. The molecule has 4 aromatic heterocycles. The van der Waals surface area contributed by atoms with Crippen LogP contribution in [0.4, 0.5) is 13.2 Å². The van der Waals surface area contributed by atoms with E-state index in [4.69, 9.17) is 0 Å². The van der Waals surface area contributed by atoms with Gasteiger partial charge in [0.15, 0.2) is 0 Å². The summed E-state index contributed by atoms with van der Waals surface area (Å²) in [5, 5.41) is 0.946. The minimum absolute atomic E-state index is 0.114. The molecule has 9 heteroatoms. The molecule has 0 spiro atoms. The second-order valence-electron chi connectivity index (χ2n) is 7.36. The van der Waals surface area contributed by atoms with Gasteiger partial charge in [0, 0.05) is 42.8 Å². The van der Waals surface area contributed by atoms with E-state index in [9.17, 15) is 18.0 Å². The zero-order chi connectivity index (χ0) is 22.5. The third-order valence-corrected chi connectivity index (χ3v) is 5.24. The Labute approximate surface area is 179 Å². The smallest absolute Gasteiger partial charge is 0.346 e. The second-order valence-corrected chi connectivity index (χ2v) is 7.36. The lowest BCUT2D eigenvalue weighted by Crippen LogP contribution is -2.21. The van der Waals surface area contributed by atoms with Gasteiger partial charge in [0.1, 0.15) is 5.65 Å². The van der Waals surface area contributed by atoms with Gasteiger partial charge < -0.3 is 9.55 Å². The minimum Gasteiger partial charge on any atom is -0.346 e. The fourth-order valence-electron chi connectivity index (χ4n) is 3.66.